The fourth-order valence-electron chi connectivity index (χ4n) is 4.94. The van der Waals surface area contributed by atoms with E-state index in [1.54, 1.807) is 0 Å². The van der Waals surface area contributed by atoms with Crippen LogP contribution in [0, 0.1) is 26.0 Å². The van der Waals surface area contributed by atoms with Crippen LogP contribution in [0.15, 0.2) is 69.5 Å². The Kier molecular flexibility index (Phi) is 7.97. The molecule has 0 amide bonds. The number of allylic oxidation sites excluding steroid dienone is 2. The standard InChI is InChI=1S/2C16H15O.Zr/c2*1-3-12-5-4-6-14-13(12)8-9-15(14)16-10-7-11(2)17-16;/h2*4-8,10,15H,3H2,1-2H3;/q2*-1;+2. The van der Waals surface area contributed by atoms with Crippen molar-refractivity contribution in [3.63, 3.8) is 0 Å². The number of aryl methyl sites for hydroxylation is 4. The minimum Gasteiger partial charge on any atom is -0.467 e. The first kappa shape index (κ1) is 25.5. The molecule has 0 fully saturated rings. The summed E-state index contributed by atoms with van der Waals surface area (Å²) in [5.74, 6) is 4.25. The summed E-state index contributed by atoms with van der Waals surface area (Å²) < 4.78 is 11.4. The van der Waals surface area contributed by atoms with Gasteiger partial charge in [-0.1, -0.05) is 50.2 Å². The first-order valence-corrected chi connectivity index (χ1v) is 12.1. The van der Waals surface area contributed by atoms with E-state index in [0.717, 1.165) is 35.9 Å². The van der Waals surface area contributed by atoms with Crippen molar-refractivity contribution in [2.24, 2.45) is 0 Å². The van der Waals surface area contributed by atoms with Crippen LogP contribution in [0.5, 0.6) is 0 Å². The zero-order valence-electron chi connectivity index (χ0n) is 20.8. The molecule has 2 aromatic carbocycles. The van der Waals surface area contributed by atoms with Crippen LogP contribution in [0.25, 0.3) is 12.2 Å². The average Bonchev–Trinajstić information content (AvgIpc) is 3.64. The summed E-state index contributed by atoms with van der Waals surface area (Å²) in [5.41, 5.74) is 8.07. The second kappa shape index (κ2) is 11.0. The van der Waals surface area contributed by atoms with E-state index >= 15 is 0 Å². The first-order valence-electron chi connectivity index (χ1n) is 12.1. The van der Waals surface area contributed by atoms with Crippen LogP contribution < -0.4 is 0 Å². The second-order valence-electron chi connectivity index (χ2n) is 8.93. The summed E-state index contributed by atoms with van der Waals surface area (Å²) in [6.07, 6.45) is 13.2. The monoisotopic (exact) mass is 536 g/mol. The van der Waals surface area contributed by atoms with Crippen molar-refractivity contribution in [1.82, 2.24) is 0 Å². The average molecular weight is 538 g/mol. The minimum absolute atomic E-state index is 0. The van der Waals surface area contributed by atoms with E-state index in [4.69, 9.17) is 8.83 Å². The molecule has 3 heteroatoms. The Hall–Kier alpha value is -2.64. The fourth-order valence-corrected chi connectivity index (χ4v) is 4.94. The number of hydrogen-bond donors (Lipinski definition) is 0. The third-order valence-electron chi connectivity index (χ3n) is 6.72. The van der Waals surface area contributed by atoms with Crippen LogP contribution >= 0.6 is 0 Å². The summed E-state index contributed by atoms with van der Waals surface area (Å²) in [5, 5.41) is 0. The molecule has 2 heterocycles. The maximum atomic E-state index is 5.72. The van der Waals surface area contributed by atoms with Gasteiger partial charge in [0.2, 0.25) is 0 Å². The van der Waals surface area contributed by atoms with Crippen molar-refractivity contribution in [2.45, 2.75) is 52.4 Å². The van der Waals surface area contributed by atoms with Gasteiger partial charge in [0.05, 0.1) is 11.5 Å². The van der Waals surface area contributed by atoms with Gasteiger partial charge < -0.3 is 8.83 Å². The molecule has 2 aliphatic carbocycles. The summed E-state index contributed by atoms with van der Waals surface area (Å²) in [4.78, 5) is 0. The van der Waals surface area contributed by atoms with Crippen molar-refractivity contribution >= 4 is 12.2 Å². The molecule has 2 aromatic heterocycles. The molecule has 6 rings (SSSR count). The SMILES string of the molecule is CCc1cccc2c1C=[C-]C2c1ccc(C)o1.CCc1cccc2c1C=[C-]C2c1ccc(C)o1.[Zr+2]. The number of benzene rings is 2. The van der Waals surface area contributed by atoms with E-state index in [9.17, 15) is 0 Å². The Bertz CT molecular complexity index is 1260. The van der Waals surface area contributed by atoms with Gasteiger partial charge in [0.15, 0.2) is 0 Å². The Morgan fingerprint density at radius 3 is 1.40 bits per heavy atom. The topological polar surface area (TPSA) is 26.3 Å². The molecule has 0 aliphatic heterocycles. The summed E-state index contributed by atoms with van der Waals surface area (Å²) in [7, 11) is 0. The number of furan rings is 2. The van der Waals surface area contributed by atoms with Gasteiger partial charge in [-0.05, 0) is 62.8 Å². The van der Waals surface area contributed by atoms with Gasteiger partial charge >= 0.3 is 26.2 Å². The molecule has 4 aromatic rings. The van der Waals surface area contributed by atoms with E-state index in [0.29, 0.717) is 0 Å². The van der Waals surface area contributed by atoms with Gasteiger partial charge in [-0.2, -0.15) is 11.1 Å². The smallest absolute Gasteiger partial charge is 0.467 e. The summed E-state index contributed by atoms with van der Waals surface area (Å²) >= 11 is 0. The van der Waals surface area contributed by atoms with Crippen LogP contribution in [0.2, 0.25) is 0 Å². The van der Waals surface area contributed by atoms with E-state index < -0.39 is 0 Å². The Morgan fingerprint density at radius 2 is 1.06 bits per heavy atom. The van der Waals surface area contributed by atoms with Gasteiger partial charge in [-0.3, -0.25) is 12.2 Å². The predicted octanol–water partition coefficient (Wildman–Crippen LogP) is 8.22. The molecule has 174 valence electrons. The van der Waals surface area contributed by atoms with E-state index in [1.807, 2.05) is 26.0 Å². The molecule has 0 N–H and O–H groups in total. The molecule has 0 radical (unpaired) electrons. The first-order chi connectivity index (χ1) is 16.6. The van der Waals surface area contributed by atoms with Crippen LogP contribution in [-0.4, -0.2) is 0 Å². The molecule has 0 spiro atoms. The fraction of sp³-hybridized carbons (Fsp3) is 0.250. The molecular weight excluding hydrogens is 508 g/mol. The minimum atomic E-state index is 0. The Morgan fingerprint density at radius 1 is 0.629 bits per heavy atom. The maximum absolute atomic E-state index is 5.72. The Labute approximate surface area is 227 Å². The molecule has 2 unspecified atom stereocenters. The molecule has 2 atom stereocenters. The van der Waals surface area contributed by atoms with Crippen LogP contribution in [0.1, 0.15) is 82.1 Å². The Balaban J connectivity index is 0.000000160. The third-order valence-corrected chi connectivity index (χ3v) is 6.72. The molecule has 0 saturated carbocycles. The molecule has 2 aliphatic rings. The normalized spacial score (nSPS) is 16.9. The van der Waals surface area contributed by atoms with E-state index in [1.165, 1.54) is 33.4 Å². The molecule has 0 bridgehead atoms. The van der Waals surface area contributed by atoms with E-state index in [-0.39, 0.29) is 38.0 Å². The largest absolute Gasteiger partial charge is 2.00 e. The summed E-state index contributed by atoms with van der Waals surface area (Å²) in [6, 6.07) is 21.1. The van der Waals surface area contributed by atoms with Crippen molar-refractivity contribution in [1.29, 1.82) is 0 Å². The summed E-state index contributed by atoms with van der Waals surface area (Å²) in [6.45, 7) is 8.33. The number of rotatable bonds is 4. The quantitative estimate of drug-likeness (QED) is 0.245. The van der Waals surface area contributed by atoms with Crippen LogP contribution in [-0.2, 0) is 39.0 Å². The zero-order valence-corrected chi connectivity index (χ0v) is 23.3. The maximum Gasteiger partial charge on any atom is 2.00 e. The second-order valence-corrected chi connectivity index (χ2v) is 8.93. The van der Waals surface area contributed by atoms with Gasteiger partial charge in [-0.15, -0.1) is 22.3 Å². The zero-order chi connectivity index (χ0) is 23.7. The van der Waals surface area contributed by atoms with Crippen molar-refractivity contribution in [2.75, 3.05) is 0 Å². The van der Waals surface area contributed by atoms with Crippen molar-refractivity contribution in [3.05, 3.63) is 129 Å². The molecule has 35 heavy (non-hydrogen) atoms. The van der Waals surface area contributed by atoms with Crippen molar-refractivity contribution in [3.8, 4) is 0 Å². The van der Waals surface area contributed by atoms with Gasteiger partial charge in [-0.25, -0.2) is 12.2 Å². The van der Waals surface area contributed by atoms with Gasteiger partial charge in [0.25, 0.3) is 0 Å². The van der Waals surface area contributed by atoms with Gasteiger partial charge in [0.1, 0.15) is 11.5 Å². The van der Waals surface area contributed by atoms with E-state index in [2.05, 4.69) is 86.7 Å². The van der Waals surface area contributed by atoms with Gasteiger partial charge in [0, 0.05) is 0 Å². The molecular formula is C32H30O2Zr. The molecule has 0 saturated heterocycles. The molecule has 2 nitrogen and oxygen atoms in total. The number of hydrogen-bond acceptors (Lipinski definition) is 2. The number of fused-ring (bicyclic) bond motifs is 2. The van der Waals surface area contributed by atoms with Crippen LogP contribution in [0.3, 0.4) is 0 Å². The predicted molar refractivity (Wildman–Crippen MR) is 138 cm³/mol. The third kappa shape index (κ3) is 5.02. The van der Waals surface area contributed by atoms with Crippen LogP contribution in [0.4, 0.5) is 0 Å². The van der Waals surface area contributed by atoms with Crippen molar-refractivity contribution < 1.29 is 35.0 Å².